The van der Waals surface area contributed by atoms with E-state index >= 15 is 0 Å². The van der Waals surface area contributed by atoms with Gasteiger partial charge in [0.2, 0.25) is 8.03 Å². The average Bonchev–Trinajstić information content (AvgIpc) is 1.85. The van der Waals surface area contributed by atoms with Crippen molar-refractivity contribution in [2.45, 2.75) is 18.8 Å². The van der Waals surface area contributed by atoms with E-state index in [2.05, 4.69) is 0 Å². The van der Waals surface area contributed by atoms with Gasteiger partial charge in [-0.1, -0.05) is 0 Å². The molecule has 0 aliphatic carbocycles. The Bertz CT molecular complexity index is 233. The van der Waals surface area contributed by atoms with Crippen LogP contribution in [-0.2, 0) is 18.9 Å². The predicted molar refractivity (Wildman–Crippen MR) is 44.9 cm³/mol. The molecule has 0 bridgehead atoms. The van der Waals surface area contributed by atoms with E-state index in [1.165, 1.54) is 6.92 Å². The molecule has 0 amide bonds. The SMILES string of the molecule is CCO[PH](=O)C(C)S(C)(=O)=O. The first-order chi connectivity index (χ1) is 4.89. The maximum atomic E-state index is 11.0. The van der Waals surface area contributed by atoms with Gasteiger partial charge in [-0.2, -0.15) is 0 Å². The lowest BCUT2D eigenvalue weighted by Crippen LogP contribution is -2.12. The summed E-state index contributed by atoms with van der Waals surface area (Å²) < 4.78 is 37.3. The molecule has 2 unspecified atom stereocenters. The normalized spacial score (nSPS) is 17.7. The summed E-state index contributed by atoms with van der Waals surface area (Å²) in [5, 5.41) is 0. The topological polar surface area (TPSA) is 60.4 Å². The molecule has 0 aliphatic rings. The first-order valence-electron chi connectivity index (χ1n) is 3.25. The Morgan fingerprint density at radius 2 is 2.00 bits per heavy atom. The number of hydrogen-bond donors (Lipinski definition) is 0. The Morgan fingerprint density at radius 3 is 2.27 bits per heavy atom. The highest BCUT2D eigenvalue weighted by Crippen LogP contribution is 2.31. The van der Waals surface area contributed by atoms with Crippen molar-refractivity contribution >= 4 is 17.9 Å². The molecule has 0 fully saturated rings. The van der Waals surface area contributed by atoms with E-state index in [4.69, 9.17) is 4.52 Å². The largest absolute Gasteiger partial charge is 0.330 e. The lowest BCUT2D eigenvalue weighted by molar-refractivity contribution is 0.349. The van der Waals surface area contributed by atoms with Gasteiger partial charge in [0.25, 0.3) is 0 Å². The van der Waals surface area contributed by atoms with Gasteiger partial charge in [-0.15, -0.1) is 0 Å². The summed E-state index contributed by atoms with van der Waals surface area (Å²) in [7, 11) is -5.63. The minimum absolute atomic E-state index is 0.289. The third-order valence-corrected chi connectivity index (χ3v) is 5.64. The van der Waals surface area contributed by atoms with Crippen LogP contribution in [0.4, 0.5) is 0 Å². The molecule has 0 aromatic rings. The molecule has 2 atom stereocenters. The zero-order chi connectivity index (χ0) is 9.07. The highest BCUT2D eigenvalue weighted by Gasteiger charge is 2.21. The Balaban J connectivity index is 4.27. The van der Waals surface area contributed by atoms with Crippen LogP contribution in [0.25, 0.3) is 0 Å². The minimum Gasteiger partial charge on any atom is -0.330 e. The van der Waals surface area contributed by atoms with Crippen LogP contribution >= 0.6 is 8.03 Å². The summed E-state index contributed by atoms with van der Waals surface area (Å²) in [6.45, 7) is 3.36. The van der Waals surface area contributed by atoms with E-state index in [0.717, 1.165) is 6.26 Å². The smallest absolute Gasteiger partial charge is 0.209 e. The van der Waals surface area contributed by atoms with Crippen LogP contribution in [0.2, 0.25) is 0 Å². The standard InChI is InChI=1S/C5H13O4PS/c1-4-9-10(6)5(2)11(3,7)8/h5,10H,4H2,1-3H3. The number of sulfone groups is 1. The highest BCUT2D eigenvalue weighted by molar-refractivity contribution is 7.96. The van der Waals surface area contributed by atoms with Crippen molar-refractivity contribution in [2.75, 3.05) is 12.9 Å². The first kappa shape index (κ1) is 11.1. The fourth-order valence-electron chi connectivity index (χ4n) is 0.434. The second-order valence-corrected chi connectivity index (χ2v) is 6.80. The summed E-state index contributed by atoms with van der Waals surface area (Å²) in [6.07, 6.45) is 1.05. The summed E-state index contributed by atoms with van der Waals surface area (Å²) in [5.74, 6) is 0. The van der Waals surface area contributed by atoms with E-state index in [0.29, 0.717) is 0 Å². The molecule has 0 spiro atoms. The molecular weight excluding hydrogens is 187 g/mol. The van der Waals surface area contributed by atoms with Crippen molar-refractivity contribution in [2.24, 2.45) is 0 Å². The molecule has 0 saturated heterocycles. The second-order valence-electron chi connectivity index (χ2n) is 2.22. The van der Waals surface area contributed by atoms with E-state index in [-0.39, 0.29) is 6.61 Å². The van der Waals surface area contributed by atoms with Gasteiger partial charge in [-0.3, -0.25) is 4.57 Å². The molecule has 0 aromatic heterocycles. The number of rotatable bonds is 4. The molecule has 0 heterocycles. The van der Waals surface area contributed by atoms with Gasteiger partial charge < -0.3 is 4.52 Å². The van der Waals surface area contributed by atoms with Crippen molar-refractivity contribution in [3.05, 3.63) is 0 Å². The van der Waals surface area contributed by atoms with Crippen molar-refractivity contribution in [1.82, 2.24) is 0 Å². The van der Waals surface area contributed by atoms with Gasteiger partial charge in [-0.25, -0.2) is 8.42 Å². The van der Waals surface area contributed by atoms with Crippen LogP contribution in [-0.4, -0.2) is 26.3 Å². The van der Waals surface area contributed by atoms with Gasteiger partial charge in [0.15, 0.2) is 9.84 Å². The summed E-state index contributed by atoms with van der Waals surface area (Å²) >= 11 is 0. The molecule has 0 N–H and O–H groups in total. The summed E-state index contributed by atoms with van der Waals surface area (Å²) in [6, 6.07) is 0. The molecule has 0 rings (SSSR count). The van der Waals surface area contributed by atoms with E-state index in [9.17, 15) is 13.0 Å². The van der Waals surface area contributed by atoms with Crippen LogP contribution in [0.3, 0.4) is 0 Å². The molecule has 4 nitrogen and oxygen atoms in total. The second kappa shape index (κ2) is 4.24. The Labute approximate surface area is 67.7 Å². The molecule has 6 heteroatoms. The van der Waals surface area contributed by atoms with E-state index < -0.39 is 22.9 Å². The van der Waals surface area contributed by atoms with Crippen LogP contribution in [0, 0.1) is 0 Å². The third kappa shape index (κ3) is 3.89. The molecule has 0 radical (unpaired) electrons. The quantitative estimate of drug-likeness (QED) is 0.632. The minimum atomic E-state index is -3.22. The summed E-state index contributed by atoms with van der Waals surface area (Å²) in [4.78, 5) is -0.868. The van der Waals surface area contributed by atoms with Gasteiger partial charge in [0.05, 0.1) is 6.61 Å². The Morgan fingerprint density at radius 1 is 1.55 bits per heavy atom. The monoisotopic (exact) mass is 200 g/mol. The zero-order valence-corrected chi connectivity index (χ0v) is 8.64. The third-order valence-electron chi connectivity index (χ3n) is 1.26. The molecule has 68 valence electrons. The van der Waals surface area contributed by atoms with Crippen molar-refractivity contribution in [1.29, 1.82) is 0 Å². The Hall–Kier alpha value is 0.140. The van der Waals surface area contributed by atoms with Crippen molar-refractivity contribution < 1.29 is 17.5 Å². The van der Waals surface area contributed by atoms with E-state index in [1.807, 2.05) is 0 Å². The van der Waals surface area contributed by atoms with E-state index in [1.54, 1.807) is 6.92 Å². The van der Waals surface area contributed by atoms with Crippen LogP contribution in [0.1, 0.15) is 13.8 Å². The zero-order valence-electron chi connectivity index (χ0n) is 6.83. The lowest BCUT2D eigenvalue weighted by atomic mass is 10.9. The molecule has 0 aliphatic heterocycles. The van der Waals surface area contributed by atoms with Crippen LogP contribution in [0.15, 0.2) is 0 Å². The fourth-order valence-corrected chi connectivity index (χ4v) is 2.56. The van der Waals surface area contributed by atoms with Crippen LogP contribution in [0.5, 0.6) is 0 Å². The Kier molecular flexibility index (Phi) is 4.29. The molecular formula is C5H13O4PS. The fraction of sp³-hybridized carbons (Fsp3) is 1.00. The highest BCUT2D eigenvalue weighted by atomic mass is 32.2. The number of hydrogen-bond acceptors (Lipinski definition) is 4. The predicted octanol–water partition coefficient (Wildman–Crippen LogP) is 0.888. The molecule has 0 aromatic carbocycles. The van der Waals surface area contributed by atoms with Crippen LogP contribution < -0.4 is 0 Å². The van der Waals surface area contributed by atoms with Crippen molar-refractivity contribution in [3.8, 4) is 0 Å². The average molecular weight is 200 g/mol. The molecule has 11 heavy (non-hydrogen) atoms. The molecule has 0 saturated carbocycles. The first-order valence-corrected chi connectivity index (χ1v) is 6.60. The summed E-state index contributed by atoms with van der Waals surface area (Å²) in [5.41, 5.74) is 0. The maximum Gasteiger partial charge on any atom is 0.209 e. The van der Waals surface area contributed by atoms with Crippen molar-refractivity contribution in [3.63, 3.8) is 0 Å². The van der Waals surface area contributed by atoms with Gasteiger partial charge in [0, 0.05) is 6.26 Å². The van der Waals surface area contributed by atoms with Gasteiger partial charge >= 0.3 is 0 Å². The lowest BCUT2D eigenvalue weighted by Gasteiger charge is -2.07. The maximum absolute atomic E-state index is 11.0. The van der Waals surface area contributed by atoms with Gasteiger partial charge in [-0.05, 0) is 13.8 Å². The van der Waals surface area contributed by atoms with Gasteiger partial charge in [0.1, 0.15) is 4.99 Å².